The highest BCUT2D eigenvalue weighted by Gasteiger charge is 2.41. The van der Waals surface area contributed by atoms with E-state index < -0.39 is 62.3 Å². The van der Waals surface area contributed by atoms with Crippen molar-refractivity contribution in [1.29, 1.82) is 0 Å². The third-order valence-corrected chi connectivity index (χ3v) is 11.5. The molecule has 0 radical (unpaired) electrons. The molecule has 4 N–H and O–H groups in total. The van der Waals surface area contributed by atoms with Gasteiger partial charge in [-0.15, -0.1) is 0 Å². The van der Waals surface area contributed by atoms with Crippen molar-refractivity contribution < 1.29 is 45.7 Å². The third-order valence-electron chi connectivity index (χ3n) is 11.1. The maximum atomic E-state index is 17.2. The van der Waals surface area contributed by atoms with Gasteiger partial charge in [0.15, 0.2) is 17.4 Å². The zero-order valence-electron chi connectivity index (χ0n) is 33.2. The number of likely N-dealkylation sites (tertiary alicyclic amines) is 1. The van der Waals surface area contributed by atoms with Crippen molar-refractivity contribution in [2.45, 2.75) is 57.8 Å². The van der Waals surface area contributed by atoms with Crippen LogP contribution >= 0.6 is 11.6 Å². The standard InChI is InChI=1S/C41H46ClF5N8O5/c1-22-9-11-54(20-22)25(21-60-40(56)53-12-16-57-17-13-53)7-4-5-15-59-39-51-35-30-36(58-18-14-55(38(30)52-39)24(3)26-8-6-10-50-37(26)49)32(42)29(34(35)44)28-31(41(45,46)47)23(2)19-27(48)33(28)43/h6,8,10,19,24-25H,1,4-5,7,9,11-18,20-21,48H2,2-3H3,(H2,49,50). The van der Waals surface area contributed by atoms with Crippen LogP contribution in [0.4, 0.5) is 44.1 Å². The first-order chi connectivity index (χ1) is 28.6. The van der Waals surface area contributed by atoms with Crippen LogP contribution in [0.3, 0.4) is 0 Å². The fraction of sp³-hybridized carbons (Fsp3) is 0.463. The normalized spacial score (nSPS) is 17.1. The monoisotopic (exact) mass is 860 g/mol. The maximum Gasteiger partial charge on any atom is 0.417 e. The molecule has 60 heavy (non-hydrogen) atoms. The molecule has 4 aromatic rings. The molecule has 2 unspecified atom stereocenters. The molecular weight excluding hydrogens is 815 g/mol. The Balaban J connectivity index is 1.22. The van der Waals surface area contributed by atoms with E-state index in [0.29, 0.717) is 57.7 Å². The highest BCUT2D eigenvalue weighted by Crippen LogP contribution is 2.52. The van der Waals surface area contributed by atoms with Crippen molar-refractivity contribution in [3.8, 4) is 22.9 Å². The summed E-state index contributed by atoms with van der Waals surface area (Å²) in [4.78, 5) is 31.6. The third kappa shape index (κ3) is 8.67. The summed E-state index contributed by atoms with van der Waals surface area (Å²) < 4.78 is 100. The van der Waals surface area contributed by atoms with Crippen LogP contribution in [0.25, 0.3) is 22.0 Å². The summed E-state index contributed by atoms with van der Waals surface area (Å²) in [6.45, 7) is 10.6. The molecule has 2 aromatic carbocycles. The summed E-state index contributed by atoms with van der Waals surface area (Å²) in [6.07, 6.45) is -1.36. The number of carbonyl (C=O) groups is 1. The average molecular weight is 861 g/mol. The molecule has 0 saturated carbocycles. The fourth-order valence-electron chi connectivity index (χ4n) is 8.04. The van der Waals surface area contributed by atoms with E-state index in [0.717, 1.165) is 31.5 Å². The van der Waals surface area contributed by atoms with Crippen molar-refractivity contribution >= 4 is 45.9 Å². The van der Waals surface area contributed by atoms with E-state index in [1.807, 2.05) is 6.92 Å². The lowest BCUT2D eigenvalue weighted by molar-refractivity contribution is -0.137. The van der Waals surface area contributed by atoms with Crippen LogP contribution in [0.2, 0.25) is 5.02 Å². The van der Waals surface area contributed by atoms with Gasteiger partial charge in [0.25, 0.3) is 0 Å². The molecule has 0 spiro atoms. The Labute approximate surface area is 348 Å². The molecule has 2 saturated heterocycles. The molecule has 7 rings (SSSR count). The summed E-state index contributed by atoms with van der Waals surface area (Å²) in [5, 5.41) is -0.674. The number of hydrogen-bond donors (Lipinski definition) is 2. The maximum absolute atomic E-state index is 17.2. The Morgan fingerprint density at radius 2 is 1.83 bits per heavy atom. The van der Waals surface area contributed by atoms with Gasteiger partial charge in [0.1, 0.15) is 30.4 Å². The largest absolute Gasteiger partial charge is 0.489 e. The molecule has 1 amide bonds. The quantitative estimate of drug-likeness (QED) is 0.0621. The average Bonchev–Trinajstić information content (AvgIpc) is 3.55. The number of morpholine rings is 1. The Morgan fingerprint density at radius 1 is 1.07 bits per heavy atom. The van der Waals surface area contributed by atoms with Crippen molar-refractivity contribution in [3.63, 3.8) is 0 Å². The lowest BCUT2D eigenvalue weighted by atomic mass is 9.92. The molecule has 2 atom stereocenters. The minimum absolute atomic E-state index is 0.0586. The second-order valence-electron chi connectivity index (χ2n) is 15.1. The molecule has 2 aromatic heterocycles. The molecule has 13 nitrogen and oxygen atoms in total. The van der Waals surface area contributed by atoms with Gasteiger partial charge >= 0.3 is 18.3 Å². The first-order valence-electron chi connectivity index (χ1n) is 19.7. The van der Waals surface area contributed by atoms with Crippen LogP contribution in [0, 0.1) is 18.6 Å². The van der Waals surface area contributed by atoms with Gasteiger partial charge < -0.3 is 40.2 Å². The zero-order valence-corrected chi connectivity index (χ0v) is 34.0. The van der Waals surface area contributed by atoms with E-state index in [1.54, 1.807) is 21.9 Å². The molecular formula is C41H46ClF5N8O5. The number of hydrogen-bond acceptors (Lipinski definition) is 12. The van der Waals surface area contributed by atoms with E-state index in [2.05, 4.69) is 21.4 Å². The van der Waals surface area contributed by atoms with Crippen LogP contribution < -0.4 is 25.8 Å². The fourth-order valence-corrected chi connectivity index (χ4v) is 8.37. The Hall–Kier alpha value is -5.20. The number of unbranched alkanes of at least 4 members (excludes halogenated alkanes) is 1. The van der Waals surface area contributed by atoms with Crippen LogP contribution in [0.5, 0.6) is 11.8 Å². The summed E-state index contributed by atoms with van der Waals surface area (Å²) in [5.74, 6) is -2.77. The lowest BCUT2D eigenvalue weighted by Gasteiger charge is -2.30. The number of halogens is 6. The second-order valence-corrected chi connectivity index (χ2v) is 15.4. The summed E-state index contributed by atoms with van der Waals surface area (Å²) >= 11 is 6.77. The van der Waals surface area contributed by atoms with Gasteiger partial charge in [-0.2, -0.15) is 23.1 Å². The smallest absolute Gasteiger partial charge is 0.417 e. The number of alkyl halides is 3. The van der Waals surface area contributed by atoms with Gasteiger partial charge in [-0.1, -0.05) is 29.8 Å². The second kappa shape index (κ2) is 17.8. The van der Waals surface area contributed by atoms with Gasteiger partial charge in [-0.05, 0) is 57.2 Å². The van der Waals surface area contributed by atoms with Crippen molar-refractivity contribution in [1.82, 2.24) is 24.8 Å². The molecule has 0 aliphatic carbocycles. The predicted molar refractivity (Wildman–Crippen MR) is 216 cm³/mol. The molecule has 0 bridgehead atoms. The topological polar surface area (TPSA) is 154 Å². The molecule has 2 fully saturated rings. The molecule has 5 heterocycles. The predicted octanol–water partition coefficient (Wildman–Crippen LogP) is 7.72. The van der Waals surface area contributed by atoms with Crippen LogP contribution in [-0.2, 0) is 15.7 Å². The first-order valence-corrected chi connectivity index (χ1v) is 20.0. The van der Waals surface area contributed by atoms with E-state index in [-0.39, 0.29) is 67.3 Å². The number of ether oxygens (including phenoxy) is 4. The Bertz CT molecular complexity index is 2280. The number of rotatable bonds is 12. The highest BCUT2D eigenvalue weighted by atomic mass is 35.5. The minimum Gasteiger partial charge on any atom is -0.489 e. The summed E-state index contributed by atoms with van der Waals surface area (Å²) in [7, 11) is 0. The van der Waals surface area contributed by atoms with E-state index in [1.165, 1.54) is 6.20 Å². The SMILES string of the molecule is C=C1CCN(C(CCCCOc2nc3c4c(c(Cl)c(-c5c(F)c(N)cc(C)c5C(F)(F)F)c(F)c4n2)OCCN3C(C)c2cccnc2N)COC(=O)N2CCOCC2)C1. The van der Waals surface area contributed by atoms with E-state index >= 15 is 8.78 Å². The minimum atomic E-state index is -5.12. The Morgan fingerprint density at radius 3 is 2.53 bits per heavy atom. The number of pyridine rings is 1. The molecule has 3 aliphatic heterocycles. The van der Waals surface area contributed by atoms with Gasteiger partial charge in [-0.3, -0.25) is 4.90 Å². The van der Waals surface area contributed by atoms with Crippen molar-refractivity contribution in [2.75, 3.05) is 82.1 Å². The first kappa shape index (κ1) is 42.9. The summed E-state index contributed by atoms with van der Waals surface area (Å²) in [6, 6.07) is 3.39. The lowest BCUT2D eigenvalue weighted by Crippen LogP contribution is -2.43. The zero-order chi connectivity index (χ0) is 42.9. The number of nitrogens with two attached hydrogens (primary N) is 2. The molecule has 19 heteroatoms. The van der Waals surface area contributed by atoms with Crippen LogP contribution in [-0.4, -0.2) is 103 Å². The number of nitrogens with zero attached hydrogens (tertiary/aromatic N) is 6. The highest BCUT2D eigenvalue weighted by molar-refractivity contribution is 6.36. The number of carbonyl (C=O) groups excluding carboxylic acids is 1. The summed E-state index contributed by atoms with van der Waals surface area (Å²) in [5.41, 5.74) is 8.66. The Kier molecular flexibility index (Phi) is 12.7. The van der Waals surface area contributed by atoms with E-state index in [4.69, 9.17) is 47.0 Å². The van der Waals surface area contributed by atoms with E-state index in [9.17, 15) is 18.0 Å². The number of aromatic nitrogens is 3. The number of benzene rings is 2. The van der Waals surface area contributed by atoms with Crippen molar-refractivity contribution in [3.05, 3.63) is 69.9 Å². The van der Waals surface area contributed by atoms with Crippen LogP contribution in [0.1, 0.15) is 55.3 Å². The van der Waals surface area contributed by atoms with Crippen LogP contribution in [0.15, 0.2) is 36.5 Å². The number of nitrogen functional groups attached to an aromatic ring is 2. The van der Waals surface area contributed by atoms with Gasteiger partial charge in [0, 0.05) is 55.1 Å². The molecule has 322 valence electrons. The number of anilines is 3. The van der Waals surface area contributed by atoms with Crippen molar-refractivity contribution in [2.24, 2.45) is 0 Å². The van der Waals surface area contributed by atoms with Gasteiger partial charge in [-0.25, -0.2) is 18.6 Å². The van der Waals surface area contributed by atoms with Gasteiger partial charge in [0.2, 0.25) is 0 Å². The molecule has 3 aliphatic rings. The van der Waals surface area contributed by atoms with Gasteiger partial charge in [0.05, 0.1) is 54.1 Å². The number of amides is 1. The number of aryl methyl sites for hydroxylation is 1.